The van der Waals surface area contributed by atoms with Crippen LogP contribution in [0.2, 0.25) is 0 Å². The quantitative estimate of drug-likeness (QED) is 0.829. The molecular weight excluding hydrogens is 252 g/mol. The highest BCUT2D eigenvalue weighted by molar-refractivity contribution is 9.10. The van der Waals surface area contributed by atoms with Crippen LogP contribution in [-0.2, 0) is 0 Å². The Balaban J connectivity index is 2.15. The average molecular weight is 257 g/mol. The molecule has 0 unspecified atom stereocenters. The second kappa shape index (κ2) is 3.85. The highest BCUT2D eigenvalue weighted by Crippen LogP contribution is 2.23. The number of ether oxygens (including phenoxy) is 1. The third-order valence-corrected chi connectivity index (χ3v) is 2.45. The van der Waals surface area contributed by atoms with Crippen LogP contribution in [0.4, 0.5) is 0 Å². The first-order valence-electron chi connectivity index (χ1n) is 3.54. The van der Waals surface area contributed by atoms with E-state index in [1.54, 1.807) is 5.51 Å². The predicted molar refractivity (Wildman–Crippen MR) is 54.1 cm³/mol. The summed E-state index contributed by atoms with van der Waals surface area (Å²) < 4.78 is 6.42. The van der Waals surface area contributed by atoms with Crippen LogP contribution >= 0.6 is 27.3 Å². The summed E-state index contributed by atoms with van der Waals surface area (Å²) >= 11 is 4.71. The molecule has 5 heteroatoms. The van der Waals surface area contributed by atoms with Crippen LogP contribution in [0.1, 0.15) is 0 Å². The fraction of sp³-hybridized carbons (Fsp3) is 0. The predicted octanol–water partition coefficient (Wildman–Crippen LogP) is 3.09. The molecule has 13 heavy (non-hydrogen) atoms. The number of aromatic nitrogens is 2. The fourth-order valence-electron chi connectivity index (χ4n) is 0.811. The molecule has 2 aromatic rings. The van der Waals surface area contributed by atoms with E-state index in [2.05, 4.69) is 26.1 Å². The molecule has 0 atom stereocenters. The molecule has 1 aromatic heterocycles. The molecule has 0 saturated carbocycles. The standard InChI is InChI=1S/C8H5BrN2OS/c9-6-1-3-7(4-2-6)12-8-11-10-5-13-8/h1-5H. The Morgan fingerprint density at radius 2 is 2.00 bits per heavy atom. The van der Waals surface area contributed by atoms with Gasteiger partial charge in [-0.2, -0.15) is 0 Å². The Labute approximate surface area is 87.5 Å². The molecule has 3 nitrogen and oxygen atoms in total. The van der Waals surface area contributed by atoms with Crippen LogP contribution in [0, 0.1) is 0 Å². The van der Waals surface area contributed by atoms with Gasteiger partial charge in [-0.3, -0.25) is 0 Å². The van der Waals surface area contributed by atoms with Crippen LogP contribution in [0.5, 0.6) is 10.9 Å². The normalized spacial score (nSPS) is 9.92. The number of hydrogen-bond donors (Lipinski definition) is 0. The van der Waals surface area contributed by atoms with E-state index in [1.807, 2.05) is 24.3 Å². The van der Waals surface area contributed by atoms with Crippen molar-refractivity contribution in [1.29, 1.82) is 0 Å². The highest BCUT2D eigenvalue weighted by atomic mass is 79.9. The summed E-state index contributed by atoms with van der Waals surface area (Å²) in [6.45, 7) is 0. The first-order chi connectivity index (χ1) is 6.34. The van der Waals surface area contributed by atoms with E-state index in [9.17, 15) is 0 Å². The Kier molecular flexibility index (Phi) is 2.56. The van der Waals surface area contributed by atoms with E-state index >= 15 is 0 Å². The van der Waals surface area contributed by atoms with Crippen LogP contribution in [-0.4, -0.2) is 10.2 Å². The Morgan fingerprint density at radius 3 is 2.62 bits per heavy atom. The van der Waals surface area contributed by atoms with Gasteiger partial charge in [0.05, 0.1) is 0 Å². The van der Waals surface area contributed by atoms with E-state index in [0.29, 0.717) is 5.19 Å². The molecule has 0 aliphatic heterocycles. The number of benzene rings is 1. The van der Waals surface area contributed by atoms with Crippen molar-refractivity contribution in [1.82, 2.24) is 10.2 Å². The Morgan fingerprint density at radius 1 is 1.23 bits per heavy atom. The van der Waals surface area contributed by atoms with E-state index in [-0.39, 0.29) is 0 Å². The van der Waals surface area contributed by atoms with Gasteiger partial charge in [-0.25, -0.2) is 0 Å². The van der Waals surface area contributed by atoms with Gasteiger partial charge in [0, 0.05) is 4.47 Å². The van der Waals surface area contributed by atoms with Crippen molar-refractivity contribution in [3.8, 4) is 10.9 Å². The van der Waals surface area contributed by atoms with Gasteiger partial charge in [-0.15, -0.1) is 5.10 Å². The monoisotopic (exact) mass is 256 g/mol. The number of hydrogen-bond acceptors (Lipinski definition) is 4. The maximum Gasteiger partial charge on any atom is 0.299 e. The van der Waals surface area contributed by atoms with Crippen molar-refractivity contribution in [2.45, 2.75) is 0 Å². The number of halogens is 1. The van der Waals surface area contributed by atoms with Gasteiger partial charge in [0.15, 0.2) is 0 Å². The van der Waals surface area contributed by atoms with Gasteiger partial charge in [-0.05, 0) is 24.3 Å². The molecule has 1 heterocycles. The SMILES string of the molecule is Brc1ccc(Oc2nncs2)cc1. The number of nitrogens with zero attached hydrogens (tertiary/aromatic N) is 2. The smallest absolute Gasteiger partial charge is 0.299 e. The Bertz CT molecular complexity index is 374. The van der Waals surface area contributed by atoms with E-state index in [1.165, 1.54) is 11.3 Å². The lowest BCUT2D eigenvalue weighted by Crippen LogP contribution is -1.82. The van der Waals surface area contributed by atoms with E-state index in [4.69, 9.17) is 4.74 Å². The molecule has 2 rings (SSSR count). The van der Waals surface area contributed by atoms with Crippen molar-refractivity contribution in [3.05, 3.63) is 34.2 Å². The summed E-state index contributed by atoms with van der Waals surface area (Å²) in [7, 11) is 0. The zero-order chi connectivity index (χ0) is 9.10. The first-order valence-corrected chi connectivity index (χ1v) is 5.21. The fourth-order valence-corrected chi connectivity index (χ4v) is 1.50. The van der Waals surface area contributed by atoms with Crippen molar-refractivity contribution >= 4 is 27.3 Å². The third kappa shape index (κ3) is 2.26. The highest BCUT2D eigenvalue weighted by Gasteiger charge is 1.98. The second-order valence-electron chi connectivity index (χ2n) is 2.26. The molecule has 0 aliphatic rings. The van der Waals surface area contributed by atoms with Crippen LogP contribution in [0.15, 0.2) is 34.2 Å². The minimum absolute atomic E-state index is 0.558. The molecule has 0 fully saturated rings. The van der Waals surface area contributed by atoms with Crippen LogP contribution < -0.4 is 4.74 Å². The van der Waals surface area contributed by atoms with E-state index < -0.39 is 0 Å². The molecule has 0 bridgehead atoms. The summed E-state index contributed by atoms with van der Waals surface area (Å²) in [4.78, 5) is 0. The van der Waals surface area contributed by atoms with Gasteiger partial charge in [0.1, 0.15) is 11.3 Å². The third-order valence-electron chi connectivity index (χ3n) is 1.36. The largest absolute Gasteiger partial charge is 0.430 e. The lowest BCUT2D eigenvalue weighted by Gasteiger charge is -1.99. The van der Waals surface area contributed by atoms with Crippen molar-refractivity contribution in [3.63, 3.8) is 0 Å². The molecule has 0 saturated heterocycles. The zero-order valence-electron chi connectivity index (χ0n) is 6.48. The summed E-state index contributed by atoms with van der Waals surface area (Å²) in [6.07, 6.45) is 0. The minimum Gasteiger partial charge on any atom is -0.430 e. The van der Waals surface area contributed by atoms with Gasteiger partial charge in [-0.1, -0.05) is 32.4 Å². The topological polar surface area (TPSA) is 35.0 Å². The van der Waals surface area contributed by atoms with Crippen molar-refractivity contribution in [2.24, 2.45) is 0 Å². The van der Waals surface area contributed by atoms with Gasteiger partial charge in [0.2, 0.25) is 0 Å². The van der Waals surface area contributed by atoms with E-state index in [0.717, 1.165) is 10.2 Å². The van der Waals surface area contributed by atoms with Crippen LogP contribution in [0.3, 0.4) is 0 Å². The first kappa shape index (κ1) is 8.65. The molecule has 0 aliphatic carbocycles. The second-order valence-corrected chi connectivity index (χ2v) is 3.97. The van der Waals surface area contributed by atoms with Crippen LogP contribution in [0.25, 0.3) is 0 Å². The molecule has 0 N–H and O–H groups in total. The Hall–Kier alpha value is -0.940. The average Bonchev–Trinajstić information content (AvgIpc) is 2.62. The molecule has 66 valence electrons. The molecule has 0 amide bonds. The van der Waals surface area contributed by atoms with Gasteiger partial charge >= 0.3 is 0 Å². The summed E-state index contributed by atoms with van der Waals surface area (Å²) in [5.41, 5.74) is 1.63. The summed E-state index contributed by atoms with van der Waals surface area (Å²) in [5.74, 6) is 0.764. The number of rotatable bonds is 2. The molecule has 0 radical (unpaired) electrons. The zero-order valence-corrected chi connectivity index (χ0v) is 8.88. The molecule has 0 spiro atoms. The molecular formula is C8H5BrN2OS. The van der Waals surface area contributed by atoms with Crippen molar-refractivity contribution in [2.75, 3.05) is 0 Å². The summed E-state index contributed by atoms with van der Waals surface area (Å²) in [6, 6.07) is 7.56. The minimum atomic E-state index is 0.558. The maximum absolute atomic E-state index is 5.40. The summed E-state index contributed by atoms with van der Waals surface area (Å²) in [5, 5.41) is 8.00. The van der Waals surface area contributed by atoms with Gasteiger partial charge in [0.25, 0.3) is 5.19 Å². The maximum atomic E-state index is 5.40. The lowest BCUT2D eigenvalue weighted by atomic mass is 10.3. The molecule has 1 aromatic carbocycles. The van der Waals surface area contributed by atoms with Gasteiger partial charge < -0.3 is 4.74 Å². The van der Waals surface area contributed by atoms with Crippen molar-refractivity contribution < 1.29 is 4.74 Å². The lowest BCUT2D eigenvalue weighted by molar-refractivity contribution is 0.473.